The molecule has 0 radical (unpaired) electrons. The topological polar surface area (TPSA) is 43.1 Å². The summed E-state index contributed by atoms with van der Waals surface area (Å²) in [5.74, 6) is -0.351. The van der Waals surface area contributed by atoms with Crippen molar-refractivity contribution in [2.24, 2.45) is 5.73 Å². The number of carbonyl (C=O) groups excluding carboxylic acids is 1. The third kappa shape index (κ3) is 5.01. The first-order valence-corrected chi connectivity index (χ1v) is 5.00. The van der Waals surface area contributed by atoms with Gasteiger partial charge in [-0.15, -0.1) is 19.7 Å². The number of nitrogens with two attached hydrogens (primary N) is 1. The van der Waals surface area contributed by atoms with Gasteiger partial charge in [-0.2, -0.15) is 0 Å². The Kier molecular flexibility index (Phi) is 6.98. The summed E-state index contributed by atoms with van der Waals surface area (Å²) in [6, 6.07) is 0. The van der Waals surface area contributed by atoms with E-state index in [1.165, 1.54) is 0 Å². The van der Waals surface area contributed by atoms with Crippen LogP contribution >= 0.6 is 0 Å². The number of allylic oxidation sites excluding steroid dienone is 4. The van der Waals surface area contributed by atoms with Crippen molar-refractivity contribution in [3.63, 3.8) is 0 Å². The highest BCUT2D eigenvalue weighted by Crippen LogP contribution is 2.18. The molecule has 0 atom stereocenters. The number of amides is 1. The lowest BCUT2D eigenvalue weighted by Crippen LogP contribution is -2.16. The summed E-state index contributed by atoms with van der Waals surface area (Å²) in [5.41, 5.74) is 7.04. The van der Waals surface area contributed by atoms with Gasteiger partial charge in [0.2, 0.25) is 5.91 Å². The van der Waals surface area contributed by atoms with Crippen LogP contribution in [0.4, 0.5) is 0 Å². The molecule has 0 aliphatic rings. The normalized spacial score (nSPS) is 9.07. The summed E-state index contributed by atoms with van der Waals surface area (Å²) < 4.78 is 0. The van der Waals surface area contributed by atoms with Crippen LogP contribution in [0.25, 0.3) is 0 Å². The van der Waals surface area contributed by atoms with Gasteiger partial charge < -0.3 is 5.73 Å². The first-order valence-electron chi connectivity index (χ1n) is 5.00. The van der Waals surface area contributed by atoms with Gasteiger partial charge in [0, 0.05) is 5.57 Å². The smallest absolute Gasteiger partial charge is 0.244 e. The second-order valence-electron chi connectivity index (χ2n) is 3.26. The minimum Gasteiger partial charge on any atom is -0.366 e. The third-order valence-electron chi connectivity index (χ3n) is 2.10. The summed E-state index contributed by atoms with van der Waals surface area (Å²) in [7, 11) is 0. The SMILES string of the molecule is C=CCCC(C(N)=O)=C(CC=C)CC=C. The first-order chi connectivity index (χ1) is 7.17. The van der Waals surface area contributed by atoms with Crippen molar-refractivity contribution in [3.05, 3.63) is 49.1 Å². The maximum atomic E-state index is 11.3. The molecule has 0 saturated carbocycles. The number of hydrogen-bond donors (Lipinski definition) is 1. The zero-order valence-electron chi connectivity index (χ0n) is 9.17. The van der Waals surface area contributed by atoms with E-state index in [1.54, 1.807) is 18.2 Å². The van der Waals surface area contributed by atoms with Gasteiger partial charge in [0.05, 0.1) is 0 Å². The molecule has 15 heavy (non-hydrogen) atoms. The molecule has 2 nitrogen and oxygen atoms in total. The maximum Gasteiger partial charge on any atom is 0.244 e. The monoisotopic (exact) mass is 205 g/mol. The zero-order valence-corrected chi connectivity index (χ0v) is 9.17. The molecule has 0 unspecified atom stereocenters. The number of primary amides is 1. The highest BCUT2D eigenvalue weighted by Gasteiger charge is 2.09. The summed E-state index contributed by atoms with van der Waals surface area (Å²) >= 11 is 0. The van der Waals surface area contributed by atoms with Crippen molar-refractivity contribution in [3.8, 4) is 0 Å². The lowest BCUT2D eigenvalue weighted by molar-refractivity contribution is -0.114. The fourth-order valence-corrected chi connectivity index (χ4v) is 1.40. The molecule has 0 saturated heterocycles. The largest absolute Gasteiger partial charge is 0.366 e. The number of carbonyl (C=O) groups is 1. The van der Waals surface area contributed by atoms with E-state index in [-0.39, 0.29) is 5.91 Å². The molecule has 0 bridgehead atoms. The molecule has 0 spiro atoms. The van der Waals surface area contributed by atoms with Crippen molar-refractivity contribution in [2.45, 2.75) is 25.7 Å². The van der Waals surface area contributed by atoms with Crippen LogP contribution in [0.1, 0.15) is 25.7 Å². The Hall–Kier alpha value is -1.57. The van der Waals surface area contributed by atoms with Gasteiger partial charge >= 0.3 is 0 Å². The zero-order chi connectivity index (χ0) is 11.7. The van der Waals surface area contributed by atoms with Crippen LogP contribution in [0.2, 0.25) is 0 Å². The molecule has 0 fully saturated rings. The van der Waals surface area contributed by atoms with E-state index in [0.29, 0.717) is 24.8 Å². The van der Waals surface area contributed by atoms with Crippen molar-refractivity contribution >= 4 is 5.91 Å². The van der Waals surface area contributed by atoms with Gasteiger partial charge in [-0.1, -0.05) is 23.8 Å². The van der Waals surface area contributed by atoms with Crippen molar-refractivity contribution < 1.29 is 4.79 Å². The minimum atomic E-state index is -0.351. The minimum absolute atomic E-state index is 0.351. The van der Waals surface area contributed by atoms with Gasteiger partial charge in [-0.05, 0) is 25.7 Å². The molecule has 0 aliphatic carbocycles. The average Bonchev–Trinajstić information content (AvgIpc) is 2.18. The Morgan fingerprint density at radius 3 is 1.93 bits per heavy atom. The van der Waals surface area contributed by atoms with E-state index in [0.717, 1.165) is 12.0 Å². The van der Waals surface area contributed by atoms with E-state index in [1.807, 2.05) is 0 Å². The van der Waals surface area contributed by atoms with Crippen LogP contribution < -0.4 is 5.73 Å². The fourth-order valence-electron chi connectivity index (χ4n) is 1.40. The second-order valence-corrected chi connectivity index (χ2v) is 3.26. The highest BCUT2D eigenvalue weighted by atomic mass is 16.1. The first kappa shape index (κ1) is 13.4. The molecule has 0 aromatic carbocycles. The molecule has 2 heteroatoms. The lowest BCUT2D eigenvalue weighted by Gasteiger charge is -2.09. The van der Waals surface area contributed by atoms with Crippen LogP contribution in [-0.2, 0) is 4.79 Å². The number of hydrogen-bond acceptors (Lipinski definition) is 1. The standard InChI is InChI=1S/C13H19NO/c1-4-7-10-12(13(14)15)11(8-5-2)9-6-3/h4-6H,1-3,7-10H2,(H2,14,15). The van der Waals surface area contributed by atoms with Gasteiger partial charge in [-0.25, -0.2) is 0 Å². The van der Waals surface area contributed by atoms with Crippen LogP contribution in [0.15, 0.2) is 49.1 Å². The molecular weight excluding hydrogens is 186 g/mol. The van der Waals surface area contributed by atoms with E-state index >= 15 is 0 Å². The maximum absolute atomic E-state index is 11.3. The van der Waals surface area contributed by atoms with E-state index in [2.05, 4.69) is 19.7 Å². The molecule has 2 N–H and O–H groups in total. The van der Waals surface area contributed by atoms with Gasteiger partial charge in [-0.3, -0.25) is 4.79 Å². The Labute approximate surface area is 91.9 Å². The average molecular weight is 205 g/mol. The third-order valence-corrected chi connectivity index (χ3v) is 2.10. The molecule has 0 aromatic heterocycles. The predicted molar refractivity (Wildman–Crippen MR) is 65.3 cm³/mol. The summed E-state index contributed by atoms with van der Waals surface area (Å²) in [4.78, 5) is 11.3. The van der Waals surface area contributed by atoms with E-state index < -0.39 is 0 Å². The molecule has 0 heterocycles. The Bertz CT molecular complexity index is 275. The number of rotatable bonds is 8. The van der Waals surface area contributed by atoms with Crippen LogP contribution in [-0.4, -0.2) is 5.91 Å². The summed E-state index contributed by atoms with van der Waals surface area (Å²) in [5, 5.41) is 0. The van der Waals surface area contributed by atoms with Crippen LogP contribution in [0, 0.1) is 0 Å². The fraction of sp³-hybridized carbons (Fsp3) is 0.308. The van der Waals surface area contributed by atoms with Gasteiger partial charge in [0.15, 0.2) is 0 Å². The Balaban J connectivity index is 4.92. The van der Waals surface area contributed by atoms with Crippen LogP contribution in [0.3, 0.4) is 0 Å². The summed E-state index contributed by atoms with van der Waals surface area (Å²) in [6.07, 6.45) is 8.10. The van der Waals surface area contributed by atoms with Gasteiger partial charge in [0.25, 0.3) is 0 Å². The molecule has 0 aromatic rings. The quantitative estimate of drug-likeness (QED) is 0.480. The molecular formula is C13H19NO. The lowest BCUT2D eigenvalue weighted by atomic mass is 9.97. The van der Waals surface area contributed by atoms with Crippen molar-refractivity contribution in [1.82, 2.24) is 0 Å². The highest BCUT2D eigenvalue weighted by molar-refractivity contribution is 5.92. The van der Waals surface area contributed by atoms with Gasteiger partial charge in [0.1, 0.15) is 0 Å². The van der Waals surface area contributed by atoms with E-state index in [9.17, 15) is 4.79 Å². The molecule has 0 rings (SSSR count). The van der Waals surface area contributed by atoms with Crippen molar-refractivity contribution in [1.29, 1.82) is 0 Å². The second kappa shape index (κ2) is 7.80. The van der Waals surface area contributed by atoms with E-state index in [4.69, 9.17) is 5.73 Å². The molecule has 82 valence electrons. The van der Waals surface area contributed by atoms with Crippen LogP contribution in [0.5, 0.6) is 0 Å². The Morgan fingerprint density at radius 1 is 1.07 bits per heavy atom. The predicted octanol–water partition coefficient (Wildman–Crippen LogP) is 2.89. The summed E-state index contributed by atoms with van der Waals surface area (Å²) in [6.45, 7) is 11.0. The van der Waals surface area contributed by atoms with Crippen molar-refractivity contribution in [2.75, 3.05) is 0 Å². The molecule has 0 aliphatic heterocycles. The Morgan fingerprint density at radius 2 is 1.60 bits per heavy atom. The molecule has 1 amide bonds.